The number of hydrogen-bond acceptors (Lipinski definition) is 3. The highest BCUT2D eigenvalue weighted by atomic mass is 16.5. The third-order valence-electron chi connectivity index (χ3n) is 7.99. The van der Waals surface area contributed by atoms with Crippen LogP contribution in [0.15, 0.2) is 16.5 Å². The van der Waals surface area contributed by atoms with Crippen LogP contribution in [0, 0.1) is 0 Å². The van der Waals surface area contributed by atoms with E-state index in [1.54, 1.807) is 0 Å². The fourth-order valence-electron chi connectivity index (χ4n) is 5.37. The van der Waals surface area contributed by atoms with Crippen LogP contribution < -0.4 is 0 Å². The summed E-state index contributed by atoms with van der Waals surface area (Å²) < 4.78 is 17.5. The van der Waals surface area contributed by atoms with Gasteiger partial charge < -0.3 is 13.9 Å². The van der Waals surface area contributed by atoms with E-state index in [1.807, 2.05) is 12.1 Å². The lowest BCUT2D eigenvalue weighted by molar-refractivity contribution is 0.0863. The molecule has 1 aromatic rings. The minimum absolute atomic E-state index is 0.580. The van der Waals surface area contributed by atoms with Gasteiger partial charge in [-0.2, -0.15) is 0 Å². The van der Waals surface area contributed by atoms with Crippen molar-refractivity contribution in [2.45, 2.75) is 194 Å². The molecule has 0 saturated carbocycles. The average molecular weight is 549 g/mol. The maximum Gasteiger partial charge on any atom is 0.129 e. The van der Waals surface area contributed by atoms with Crippen molar-refractivity contribution in [1.82, 2.24) is 0 Å². The van der Waals surface area contributed by atoms with Gasteiger partial charge in [0, 0.05) is 13.2 Å². The quantitative estimate of drug-likeness (QED) is 0.0839. The first kappa shape index (κ1) is 36.2. The molecule has 0 spiro atoms. The maximum absolute atomic E-state index is 5.87. The van der Waals surface area contributed by atoms with E-state index >= 15 is 0 Å². The zero-order chi connectivity index (χ0) is 27.9. The Morgan fingerprint density at radius 1 is 0.385 bits per heavy atom. The average Bonchev–Trinajstić information content (AvgIpc) is 3.40. The molecule has 1 rings (SSSR count). The maximum atomic E-state index is 5.87. The van der Waals surface area contributed by atoms with Gasteiger partial charge in [0.25, 0.3) is 0 Å². The molecule has 0 saturated heterocycles. The summed E-state index contributed by atoms with van der Waals surface area (Å²) in [6.45, 7) is 7.41. The molecule has 0 amide bonds. The van der Waals surface area contributed by atoms with Gasteiger partial charge in [0.15, 0.2) is 0 Å². The van der Waals surface area contributed by atoms with Gasteiger partial charge in [0.05, 0.1) is 0 Å². The van der Waals surface area contributed by atoms with Crippen LogP contribution in [0.5, 0.6) is 0 Å². The molecule has 0 aromatic carbocycles. The van der Waals surface area contributed by atoms with Crippen molar-refractivity contribution >= 4 is 0 Å². The molecule has 39 heavy (non-hydrogen) atoms. The predicted octanol–water partition coefficient (Wildman–Crippen LogP) is 12.5. The largest absolute Gasteiger partial charge is 0.461 e. The Kier molecular flexibility index (Phi) is 28.0. The predicted molar refractivity (Wildman–Crippen MR) is 169 cm³/mol. The lowest BCUT2D eigenvalue weighted by Crippen LogP contribution is -1.96. The summed E-state index contributed by atoms with van der Waals surface area (Å²) >= 11 is 0. The van der Waals surface area contributed by atoms with Gasteiger partial charge in [0.1, 0.15) is 24.7 Å². The molecule has 230 valence electrons. The normalized spacial score (nSPS) is 11.5. The Labute approximate surface area is 244 Å². The summed E-state index contributed by atoms with van der Waals surface area (Å²) in [5.41, 5.74) is 0. The molecule has 0 atom stereocenters. The van der Waals surface area contributed by atoms with Crippen molar-refractivity contribution in [3.63, 3.8) is 0 Å². The molecule has 0 N–H and O–H groups in total. The van der Waals surface area contributed by atoms with Gasteiger partial charge in [0.2, 0.25) is 0 Å². The minimum Gasteiger partial charge on any atom is -0.461 e. The Morgan fingerprint density at radius 2 is 0.641 bits per heavy atom. The van der Waals surface area contributed by atoms with Crippen LogP contribution in [0.2, 0.25) is 0 Å². The highest BCUT2D eigenvalue weighted by Crippen LogP contribution is 2.15. The molecular formula is C36H68O3. The van der Waals surface area contributed by atoms with E-state index < -0.39 is 0 Å². The summed E-state index contributed by atoms with van der Waals surface area (Å²) in [5.74, 6) is 1.84. The van der Waals surface area contributed by atoms with Crippen molar-refractivity contribution in [2.24, 2.45) is 0 Å². The lowest BCUT2D eigenvalue weighted by Gasteiger charge is -2.05. The van der Waals surface area contributed by atoms with Crippen molar-refractivity contribution in [3.8, 4) is 0 Å². The van der Waals surface area contributed by atoms with Crippen molar-refractivity contribution in [2.75, 3.05) is 13.2 Å². The zero-order valence-electron chi connectivity index (χ0n) is 26.6. The second-order valence-electron chi connectivity index (χ2n) is 12.0. The summed E-state index contributed by atoms with van der Waals surface area (Å²) in [5, 5.41) is 0. The van der Waals surface area contributed by atoms with E-state index in [9.17, 15) is 0 Å². The number of rotatable bonds is 32. The molecule has 0 bridgehead atoms. The molecule has 1 heterocycles. The van der Waals surface area contributed by atoms with Crippen LogP contribution in [0.1, 0.15) is 192 Å². The Bertz CT molecular complexity index is 582. The van der Waals surface area contributed by atoms with Crippen LogP contribution in [-0.2, 0) is 22.7 Å². The number of unbranched alkanes of at least 4 members (excludes halogenated alkanes) is 24. The topological polar surface area (TPSA) is 31.6 Å². The molecule has 0 radical (unpaired) electrons. The Hall–Kier alpha value is -0.800. The van der Waals surface area contributed by atoms with Crippen molar-refractivity contribution < 1.29 is 13.9 Å². The number of hydrogen-bond donors (Lipinski definition) is 0. The number of ether oxygens (including phenoxy) is 2. The minimum atomic E-state index is 0.580. The van der Waals surface area contributed by atoms with E-state index in [4.69, 9.17) is 13.9 Å². The van der Waals surface area contributed by atoms with Gasteiger partial charge in [-0.25, -0.2) is 0 Å². The second-order valence-corrected chi connectivity index (χ2v) is 12.0. The molecule has 0 aliphatic heterocycles. The first-order chi connectivity index (χ1) is 19.4. The SMILES string of the molecule is CCCCCCCCCCCCCCCCCCOCc1ccc(COCCCCCCCCCCCC)o1. The van der Waals surface area contributed by atoms with Crippen LogP contribution in [0.25, 0.3) is 0 Å². The van der Waals surface area contributed by atoms with E-state index in [0.29, 0.717) is 13.2 Å². The second kappa shape index (κ2) is 30.2. The van der Waals surface area contributed by atoms with Crippen LogP contribution in [-0.4, -0.2) is 13.2 Å². The van der Waals surface area contributed by atoms with Crippen molar-refractivity contribution in [3.05, 3.63) is 23.7 Å². The summed E-state index contributed by atoms with van der Waals surface area (Å²) in [6, 6.07) is 4.07. The Morgan fingerprint density at radius 3 is 0.923 bits per heavy atom. The molecular weight excluding hydrogens is 480 g/mol. The third-order valence-corrected chi connectivity index (χ3v) is 7.99. The smallest absolute Gasteiger partial charge is 0.129 e. The molecule has 0 aliphatic carbocycles. The van der Waals surface area contributed by atoms with E-state index in [0.717, 1.165) is 37.6 Å². The van der Waals surface area contributed by atoms with Gasteiger partial charge >= 0.3 is 0 Å². The summed E-state index contributed by atoms with van der Waals surface area (Å²) in [7, 11) is 0. The van der Waals surface area contributed by atoms with Gasteiger partial charge in [-0.3, -0.25) is 0 Å². The fraction of sp³-hybridized carbons (Fsp3) is 0.889. The summed E-state index contributed by atoms with van der Waals surface area (Å²) in [6.07, 6.45) is 36.0. The third kappa shape index (κ3) is 25.9. The van der Waals surface area contributed by atoms with Crippen LogP contribution >= 0.6 is 0 Å². The van der Waals surface area contributed by atoms with Crippen molar-refractivity contribution in [1.29, 1.82) is 0 Å². The monoisotopic (exact) mass is 549 g/mol. The standard InChI is InChI=1S/C36H68O3/c1-3-5-7-9-11-13-15-16-17-18-19-20-22-24-26-28-32-38-34-36-30-29-35(39-36)33-37-31-27-25-23-21-14-12-10-8-6-4-2/h29-30H,3-28,31-34H2,1-2H3. The molecule has 1 aromatic heterocycles. The van der Waals surface area contributed by atoms with Crippen LogP contribution in [0.3, 0.4) is 0 Å². The zero-order valence-corrected chi connectivity index (χ0v) is 26.6. The molecule has 3 nitrogen and oxygen atoms in total. The van der Waals surface area contributed by atoms with Gasteiger partial charge in [-0.05, 0) is 25.0 Å². The first-order valence-corrected chi connectivity index (χ1v) is 17.6. The summed E-state index contributed by atoms with van der Waals surface area (Å²) in [4.78, 5) is 0. The first-order valence-electron chi connectivity index (χ1n) is 17.6. The molecule has 3 heteroatoms. The van der Waals surface area contributed by atoms with E-state index in [-0.39, 0.29) is 0 Å². The lowest BCUT2D eigenvalue weighted by atomic mass is 10.0. The van der Waals surface area contributed by atoms with Crippen LogP contribution in [0.4, 0.5) is 0 Å². The van der Waals surface area contributed by atoms with E-state index in [1.165, 1.54) is 154 Å². The molecule has 0 unspecified atom stereocenters. The highest BCUT2D eigenvalue weighted by molar-refractivity contribution is 5.05. The fourth-order valence-corrected chi connectivity index (χ4v) is 5.37. The van der Waals surface area contributed by atoms with Gasteiger partial charge in [-0.15, -0.1) is 0 Å². The number of furan rings is 1. The Balaban J connectivity index is 1.78. The molecule has 0 aliphatic rings. The van der Waals surface area contributed by atoms with Gasteiger partial charge in [-0.1, -0.05) is 168 Å². The highest BCUT2D eigenvalue weighted by Gasteiger charge is 2.03. The molecule has 0 fully saturated rings. The van der Waals surface area contributed by atoms with E-state index in [2.05, 4.69) is 13.8 Å².